The van der Waals surface area contributed by atoms with Crippen molar-refractivity contribution < 1.29 is 0 Å². The predicted octanol–water partition coefficient (Wildman–Crippen LogP) is -1.27. The Morgan fingerprint density at radius 3 is 1.82 bits per heavy atom. The van der Waals surface area contributed by atoms with Crippen LogP contribution in [0, 0.1) is 0 Å². The fourth-order valence-corrected chi connectivity index (χ4v) is 0.838. The summed E-state index contributed by atoms with van der Waals surface area (Å²) in [7, 11) is 21.7. The lowest BCUT2D eigenvalue weighted by Crippen LogP contribution is -2.52. The summed E-state index contributed by atoms with van der Waals surface area (Å²) in [4.78, 5) is 0. The normalized spacial score (nSPS) is 10.0. The van der Waals surface area contributed by atoms with Crippen LogP contribution in [0.25, 0.3) is 0 Å². The Bertz CT molecular complexity index is 88.6. The molecule has 0 aliphatic carbocycles. The number of nitrogens with zero attached hydrogens (tertiary/aromatic N) is 1. The van der Waals surface area contributed by atoms with E-state index in [0.717, 1.165) is 19.4 Å². The molecule has 0 rings (SSSR count). The Morgan fingerprint density at radius 2 is 1.55 bits per heavy atom. The first-order chi connectivity index (χ1) is 5.09. The summed E-state index contributed by atoms with van der Waals surface area (Å²) in [6.45, 7) is 1.73. The molecule has 0 aliphatic heterocycles. The molecule has 0 aromatic heterocycles. The maximum absolute atomic E-state index is 5.42. The van der Waals surface area contributed by atoms with Gasteiger partial charge in [-0.1, -0.05) is 13.3 Å². The van der Waals surface area contributed by atoms with Crippen molar-refractivity contribution in [1.29, 1.82) is 0 Å². The van der Waals surface area contributed by atoms with Crippen molar-refractivity contribution in [2.45, 2.75) is 19.8 Å². The molecule has 0 atom stereocenters. The average Bonchev–Trinajstić information content (AvgIpc) is 1.87. The summed E-state index contributed by atoms with van der Waals surface area (Å²) in [5, 5.41) is 0. The van der Waals surface area contributed by atoms with Crippen LogP contribution in [0.2, 0.25) is 0 Å². The third-order valence-electron chi connectivity index (χ3n) is 1.54. The number of hydrogen-bond acceptors (Lipinski definition) is 1. The van der Waals surface area contributed by atoms with Crippen molar-refractivity contribution in [2.75, 3.05) is 6.54 Å². The van der Waals surface area contributed by atoms with Crippen molar-refractivity contribution >= 4 is 44.2 Å². The van der Waals surface area contributed by atoms with E-state index in [4.69, 9.17) is 30.9 Å². The fourth-order valence-electron chi connectivity index (χ4n) is 0.838. The number of hydrogen-bond donors (Lipinski definition) is 0. The first kappa shape index (κ1) is 11.3. The van der Waals surface area contributed by atoms with Crippen molar-refractivity contribution in [1.82, 2.24) is 4.72 Å². The molecule has 0 bridgehead atoms. The molecule has 0 aliphatic rings. The van der Waals surface area contributed by atoms with Gasteiger partial charge in [0.2, 0.25) is 0 Å². The van der Waals surface area contributed by atoms with E-state index in [0.29, 0.717) is 0 Å². The van der Waals surface area contributed by atoms with Gasteiger partial charge in [-0.3, -0.25) is 0 Å². The first-order valence-corrected chi connectivity index (χ1v) is 3.87. The predicted molar refractivity (Wildman–Crippen MR) is 56.1 cm³/mol. The highest BCUT2D eigenvalue weighted by molar-refractivity contribution is 7.37. The molecule has 8 radical (unpaired) electrons. The van der Waals surface area contributed by atoms with Crippen molar-refractivity contribution in [3.8, 4) is 0 Å². The van der Waals surface area contributed by atoms with Crippen LogP contribution >= 0.6 is 0 Å². The molecular weight excluding hydrogens is 127 g/mol. The molecule has 0 unspecified atom stereocenters. The van der Waals surface area contributed by atoms with Crippen molar-refractivity contribution in [3.05, 3.63) is 0 Å². The highest BCUT2D eigenvalue weighted by atomic mass is 14.9. The highest BCUT2D eigenvalue weighted by Gasteiger charge is 2.13. The SMILES string of the molecule is [B]B([B])N(CCCC)B([B])[B]. The average molecular weight is 136 g/mol. The van der Waals surface area contributed by atoms with E-state index >= 15 is 0 Å². The maximum Gasteiger partial charge on any atom is 0.105 e. The van der Waals surface area contributed by atoms with Gasteiger partial charge in [0.05, 0.1) is 0 Å². The van der Waals surface area contributed by atoms with Crippen LogP contribution in [0.1, 0.15) is 19.8 Å². The smallest absolute Gasteiger partial charge is 0.105 e. The summed E-state index contributed by atoms with van der Waals surface area (Å²) in [6.07, 6.45) is 2.09. The molecule has 7 heteroatoms. The summed E-state index contributed by atoms with van der Waals surface area (Å²) in [5.74, 6) is 0. The Hall–Kier alpha value is 0.350. The van der Waals surface area contributed by atoms with E-state index in [-0.39, 0.29) is 0 Å². The van der Waals surface area contributed by atoms with E-state index in [9.17, 15) is 0 Å². The molecule has 0 N–H and O–H groups in total. The van der Waals surface area contributed by atoms with Crippen LogP contribution in [-0.4, -0.2) is 55.5 Å². The van der Waals surface area contributed by atoms with Crippen LogP contribution in [0.3, 0.4) is 0 Å². The molecule has 0 heterocycles. The van der Waals surface area contributed by atoms with Crippen molar-refractivity contribution in [2.24, 2.45) is 0 Å². The monoisotopic (exact) mass is 137 g/mol. The molecule has 0 aromatic rings. The molecule has 0 amide bonds. The minimum atomic E-state index is -0.554. The highest BCUT2D eigenvalue weighted by Crippen LogP contribution is 1.95. The lowest BCUT2D eigenvalue weighted by Gasteiger charge is -2.30. The molecular formula is C4H9B6N. The van der Waals surface area contributed by atoms with Gasteiger partial charge < -0.3 is 4.72 Å². The quantitative estimate of drug-likeness (QED) is 0.426. The van der Waals surface area contributed by atoms with Crippen LogP contribution in [-0.2, 0) is 0 Å². The van der Waals surface area contributed by atoms with Gasteiger partial charge in [0.25, 0.3) is 0 Å². The zero-order chi connectivity index (χ0) is 8.85. The summed E-state index contributed by atoms with van der Waals surface area (Å²) in [5.41, 5.74) is 0. The molecule has 48 valence electrons. The van der Waals surface area contributed by atoms with E-state index in [1.165, 1.54) is 0 Å². The first-order valence-electron chi connectivity index (χ1n) is 3.87. The Balaban J connectivity index is 3.70. The van der Waals surface area contributed by atoms with Gasteiger partial charge in [-0.05, 0) is 13.0 Å². The van der Waals surface area contributed by atoms with Crippen LogP contribution < -0.4 is 0 Å². The van der Waals surface area contributed by atoms with Gasteiger partial charge in [0.15, 0.2) is 0 Å². The van der Waals surface area contributed by atoms with Crippen molar-refractivity contribution in [3.63, 3.8) is 0 Å². The molecule has 0 aromatic carbocycles. The lowest BCUT2D eigenvalue weighted by atomic mass is 9.16. The summed E-state index contributed by atoms with van der Waals surface area (Å²) < 4.78 is 1.66. The van der Waals surface area contributed by atoms with Crippen LogP contribution in [0.15, 0.2) is 0 Å². The van der Waals surface area contributed by atoms with Gasteiger partial charge in [-0.15, -0.1) is 0 Å². The summed E-state index contributed by atoms with van der Waals surface area (Å²) in [6, 6.07) is 0. The van der Waals surface area contributed by atoms with Crippen LogP contribution in [0.5, 0.6) is 0 Å². The Morgan fingerprint density at radius 1 is 1.09 bits per heavy atom. The third kappa shape index (κ3) is 4.73. The van der Waals surface area contributed by atoms with Gasteiger partial charge >= 0.3 is 0 Å². The Labute approximate surface area is 75.8 Å². The minimum Gasteiger partial charge on any atom is -0.412 e. The van der Waals surface area contributed by atoms with E-state index in [2.05, 4.69) is 6.92 Å². The van der Waals surface area contributed by atoms with Gasteiger partial charge in [-0.2, -0.15) is 0 Å². The zero-order valence-corrected chi connectivity index (χ0v) is 7.03. The van der Waals surface area contributed by atoms with E-state index in [1.54, 1.807) is 4.72 Å². The molecule has 0 saturated carbocycles. The second-order valence-corrected chi connectivity index (χ2v) is 2.57. The second kappa shape index (κ2) is 5.93. The largest absolute Gasteiger partial charge is 0.412 e. The van der Waals surface area contributed by atoms with Crippen LogP contribution in [0.4, 0.5) is 0 Å². The molecule has 0 spiro atoms. The lowest BCUT2D eigenvalue weighted by molar-refractivity contribution is 0.622. The van der Waals surface area contributed by atoms with Gasteiger partial charge in [-0.25, -0.2) is 0 Å². The third-order valence-corrected chi connectivity index (χ3v) is 1.54. The number of rotatable bonds is 5. The van der Waals surface area contributed by atoms with Gasteiger partial charge in [0, 0.05) is 30.9 Å². The Kier molecular flexibility index (Phi) is 6.12. The molecule has 1 nitrogen and oxygen atoms in total. The minimum absolute atomic E-state index is 0.554. The topological polar surface area (TPSA) is 3.24 Å². The van der Waals surface area contributed by atoms with E-state index < -0.39 is 13.3 Å². The maximum atomic E-state index is 5.42. The molecule has 11 heavy (non-hydrogen) atoms. The number of unbranched alkanes of at least 4 members (excludes halogenated alkanes) is 1. The standard InChI is InChI=1S/C4H9B6N/c1-2-3-4-11(9(5)6)10(7)8/h2-4H2,1H3. The van der Waals surface area contributed by atoms with E-state index in [1.807, 2.05) is 0 Å². The zero-order valence-electron chi connectivity index (χ0n) is 7.03. The summed E-state index contributed by atoms with van der Waals surface area (Å²) >= 11 is 0. The molecule has 0 saturated heterocycles. The fraction of sp³-hybridized carbons (Fsp3) is 1.00. The van der Waals surface area contributed by atoms with Gasteiger partial charge in [0.1, 0.15) is 13.3 Å². The molecule has 0 fully saturated rings. The second-order valence-electron chi connectivity index (χ2n) is 2.57.